The first-order valence-electron chi connectivity index (χ1n) is 6.45. The molecule has 0 unspecified atom stereocenters. The molecule has 5 nitrogen and oxygen atoms in total. The monoisotopic (exact) mass is 282 g/mol. The van der Waals surface area contributed by atoms with Crippen molar-refractivity contribution in [3.8, 4) is 0 Å². The van der Waals surface area contributed by atoms with Crippen LogP contribution in [0.3, 0.4) is 0 Å². The molecule has 2 heterocycles. The molecule has 1 aromatic heterocycles. The van der Waals surface area contributed by atoms with Gasteiger partial charge in [0, 0.05) is 24.5 Å². The van der Waals surface area contributed by atoms with Gasteiger partial charge in [0.05, 0.1) is 5.92 Å². The number of thiophene rings is 1. The van der Waals surface area contributed by atoms with E-state index in [9.17, 15) is 9.59 Å². The van der Waals surface area contributed by atoms with Gasteiger partial charge in [0.1, 0.15) is 0 Å². The summed E-state index contributed by atoms with van der Waals surface area (Å²) in [5.41, 5.74) is 0. The largest absolute Gasteiger partial charge is 0.481 e. The summed E-state index contributed by atoms with van der Waals surface area (Å²) in [6.07, 6.45) is 2.24. The van der Waals surface area contributed by atoms with Crippen molar-refractivity contribution in [2.75, 3.05) is 19.6 Å². The molecular formula is C13H18N2O3S. The minimum atomic E-state index is -0.809. The quantitative estimate of drug-likeness (QED) is 0.884. The van der Waals surface area contributed by atoms with Crippen molar-refractivity contribution in [1.82, 2.24) is 10.2 Å². The highest BCUT2D eigenvalue weighted by atomic mass is 32.1. The highest BCUT2D eigenvalue weighted by molar-refractivity contribution is 7.09. The summed E-state index contributed by atoms with van der Waals surface area (Å²) in [4.78, 5) is 25.7. The molecule has 1 aliphatic heterocycles. The molecule has 1 aliphatic rings. The topological polar surface area (TPSA) is 69.6 Å². The summed E-state index contributed by atoms with van der Waals surface area (Å²) < 4.78 is 0. The van der Waals surface area contributed by atoms with E-state index in [4.69, 9.17) is 5.11 Å². The molecule has 1 fully saturated rings. The van der Waals surface area contributed by atoms with Crippen LogP contribution in [0.15, 0.2) is 17.5 Å². The number of nitrogens with one attached hydrogen (secondary N) is 1. The molecule has 2 N–H and O–H groups in total. The first kappa shape index (κ1) is 13.9. The van der Waals surface area contributed by atoms with Gasteiger partial charge < -0.3 is 15.3 Å². The number of amides is 2. The second-order valence-corrected chi connectivity index (χ2v) is 5.72. The molecular weight excluding hydrogens is 264 g/mol. The minimum absolute atomic E-state index is 0.150. The highest BCUT2D eigenvalue weighted by Gasteiger charge is 2.27. The van der Waals surface area contributed by atoms with Crippen molar-refractivity contribution in [1.29, 1.82) is 0 Å². The number of nitrogens with zero attached hydrogens (tertiary/aromatic N) is 1. The lowest BCUT2D eigenvalue weighted by atomic mass is 9.99. The Morgan fingerprint density at radius 2 is 2.37 bits per heavy atom. The predicted molar refractivity (Wildman–Crippen MR) is 73.4 cm³/mol. The van der Waals surface area contributed by atoms with E-state index < -0.39 is 11.9 Å². The maximum atomic E-state index is 11.9. The van der Waals surface area contributed by atoms with Gasteiger partial charge in [-0.1, -0.05) is 6.07 Å². The van der Waals surface area contributed by atoms with Gasteiger partial charge in [0.25, 0.3) is 0 Å². The Bertz CT molecular complexity index is 433. The molecule has 0 bridgehead atoms. The molecule has 2 rings (SSSR count). The number of carbonyl (C=O) groups is 2. The summed E-state index contributed by atoms with van der Waals surface area (Å²) in [6.45, 7) is 1.56. The van der Waals surface area contributed by atoms with Gasteiger partial charge in [-0.2, -0.15) is 0 Å². The van der Waals surface area contributed by atoms with Gasteiger partial charge in [0.2, 0.25) is 0 Å². The molecule has 1 atom stereocenters. The van der Waals surface area contributed by atoms with Crippen LogP contribution in [0.25, 0.3) is 0 Å². The number of aliphatic carboxylic acids is 1. The first-order valence-corrected chi connectivity index (χ1v) is 7.33. The fourth-order valence-electron chi connectivity index (χ4n) is 2.22. The average Bonchev–Trinajstić information content (AvgIpc) is 2.92. The van der Waals surface area contributed by atoms with Gasteiger partial charge in [0.15, 0.2) is 0 Å². The number of carboxylic acids is 1. The third-order valence-electron chi connectivity index (χ3n) is 3.29. The van der Waals surface area contributed by atoms with Crippen molar-refractivity contribution in [2.45, 2.75) is 19.3 Å². The van der Waals surface area contributed by atoms with Crippen LogP contribution in [0.4, 0.5) is 4.79 Å². The van der Waals surface area contributed by atoms with E-state index in [0.717, 1.165) is 12.8 Å². The summed E-state index contributed by atoms with van der Waals surface area (Å²) in [5, 5.41) is 13.8. The van der Waals surface area contributed by atoms with Crippen molar-refractivity contribution >= 4 is 23.3 Å². The SMILES string of the molecule is O=C(O)[C@@H]1CCCN(C(=O)NCCc2cccs2)C1. The summed E-state index contributed by atoms with van der Waals surface area (Å²) >= 11 is 1.67. The Morgan fingerprint density at radius 3 is 3.05 bits per heavy atom. The zero-order valence-electron chi connectivity index (χ0n) is 10.7. The zero-order chi connectivity index (χ0) is 13.7. The van der Waals surface area contributed by atoms with Crippen LogP contribution in [0, 0.1) is 5.92 Å². The maximum Gasteiger partial charge on any atom is 0.317 e. The number of carboxylic acid groups (broad SMARTS) is 1. The molecule has 0 radical (unpaired) electrons. The Labute approximate surface area is 116 Å². The van der Waals surface area contributed by atoms with Crippen molar-refractivity contribution in [2.24, 2.45) is 5.92 Å². The van der Waals surface area contributed by atoms with E-state index in [-0.39, 0.29) is 6.03 Å². The highest BCUT2D eigenvalue weighted by Crippen LogP contribution is 2.16. The lowest BCUT2D eigenvalue weighted by Gasteiger charge is -2.30. The Kier molecular flexibility index (Phi) is 4.79. The first-order chi connectivity index (χ1) is 9.16. The van der Waals surface area contributed by atoms with E-state index in [0.29, 0.717) is 26.1 Å². The van der Waals surface area contributed by atoms with Crippen molar-refractivity contribution in [3.05, 3.63) is 22.4 Å². The average molecular weight is 282 g/mol. The number of likely N-dealkylation sites (tertiary alicyclic amines) is 1. The van der Waals surface area contributed by atoms with Crippen LogP contribution < -0.4 is 5.32 Å². The molecule has 104 valence electrons. The van der Waals surface area contributed by atoms with E-state index in [1.54, 1.807) is 16.2 Å². The number of urea groups is 1. The third kappa shape index (κ3) is 3.96. The van der Waals surface area contributed by atoms with Gasteiger partial charge in [-0.3, -0.25) is 4.79 Å². The Balaban J connectivity index is 1.74. The minimum Gasteiger partial charge on any atom is -0.481 e. The third-order valence-corrected chi connectivity index (χ3v) is 4.22. The van der Waals surface area contributed by atoms with E-state index in [2.05, 4.69) is 5.32 Å². The van der Waals surface area contributed by atoms with Gasteiger partial charge in [-0.15, -0.1) is 11.3 Å². The number of carbonyl (C=O) groups excluding carboxylic acids is 1. The standard InChI is InChI=1S/C13H18N2O3S/c16-12(17)10-3-1-7-15(9-10)13(18)14-6-5-11-4-2-8-19-11/h2,4,8,10H,1,3,5-7,9H2,(H,14,18)(H,16,17)/t10-/m1/s1. The molecule has 2 amide bonds. The van der Waals surface area contributed by atoms with Crippen LogP contribution in [0.5, 0.6) is 0 Å². The van der Waals surface area contributed by atoms with Gasteiger partial charge in [-0.25, -0.2) is 4.79 Å². The summed E-state index contributed by atoms with van der Waals surface area (Å²) in [7, 11) is 0. The van der Waals surface area contributed by atoms with E-state index >= 15 is 0 Å². The zero-order valence-corrected chi connectivity index (χ0v) is 11.5. The number of rotatable bonds is 4. The van der Waals surface area contributed by atoms with E-state index in [1.807, 2.05) is 17.5 Å². The van der Waals surface area contributed by atoms with Crippen LogP contribution in [-0.2, 0) is 11.2 Å². The van der Waals surface area contributed by atoms with Crippen LogP contribution >= 0.6 is 11.3 Å². The lowest BCUT2D eigenvalue weighted by Crippen LogP contribution is -2.47. The maximum absolute atomic E-state index is 11.9. The van der Waals surface area contributed by atoms with Crippen LogP contribution in [0.2, 0.25) is 0 Å². The molecule has 0 spiro atoms. The molecule has 6 heteroatoms. The van der Waals surface area contributed by atoms with Gasteiger partial charge in [-0.05, 0) is 30.7 Å². The van der Waals surface area contributed by atoms with Crippen LogP contribution in [-0.4, -0.2) is 41.6 Å². The molecule has 19 heavy (non-hydrogen) atoms. The number of hydrogen-bond acceptors (Lipinski definition) is 3. The number of piperidine rings is 1. The van der Waals surface area contributed by atoms with Crippen molar-refractivity contribution < 1.29 is 14.7 Å². The normalized spacial score (nSPS) is 19.2. The second kappa shape index (κ2) is 6.56. The Hall–Kier alpha value is -1.56. The molecule has 0 aliphatic carbocycles. The van der Waals surface area contributed by atoms with E-state index in [1.165, 1.54) is 4.88 Å². The van der Waals surface area contributed by atoms with Crippen molar-refractivity contribution in [3.63, 3.8) is 0 Å². The van der Waals surface area contributed by atoms with Gasteiger partial charge >= 0.3 is 12.0 Å². The fourth-order valence-corrected chi connectivity index (χ4v) is 2.93. The second-order valence-electron chi connectivity index (χ2n) is 4.68. The predicted octanol–water partition coefficient (Wildman–Crippen LogP) is 1.80. The molecule has 1 aromatic rings. The summed E-state index contributed by atoms with van der Waals surface area (Å²) in [6, 6.07) is 3.88. The smallest absolute Gasteiger partial charge is 0.317 e. The Morgan fingerprint density at radius 1 is 1.53 bits per heavy atom. The fraction of sp³-hybridized carbons (Fsp3) is 0.538. The molecule has 0 aromatic carbocycles. The molecule has 0 saturated carbocycles. The van der Waals surface area contributed by atoms with Crippen LogP contribution in [0.1, 0.15) is 17.7 Å². The summed E-state index contributed by atoms with van der Waals surface area (Å²) in [5.74, 6) is -1.23. The lowest BCUT2D eigenvalue weighted by molar-refractivity contribution is -0.143. The number of hydrogen-bond donors (Lipinski definition) is 2. The molecule has 1 saturated heterocycles.